The van der Waals surface area contributed by atoms with Gasteiger partial charge in [-0.1, -0.05) is 95.9 Å². The molecule has 0 rings (SSSR count). The molecule has 0 saturated heterocycles. The molecule has 0 fully saturated rings. The van der Waals surface area contributed by atoms with Gasteiger partial charge in [-0.25, -0.2) is 0 Å². The minimum Gasteiger partial charge on any atom is -0.481 e. The van der Waals surface area contributed by atoms with Crippen molar-refractivity contribution in [2.75, 3.05) is 26.2 Å². The highest BCUT2D eigenvalue weighted by Crippen LogP contribution is 2.18. The Hall–Kier alpha value is -13.8. The summed E-state index contributed by atoms with van der Waals surface area (Å²) in [5.74, 6) is -31.9. The van der Waals surface area contributed by atoms with E-state index in [9.17, 15) is 136 Å². The smallest absolute Gasteiger partial charge is 0.325 e. The second-order valence-electron chi connectivity index (χ2n) is 36.4. The molecule has 0 heterocycles. The fourth-order valence-corrected chi connectivity index (χ4v) is 13.7. The number of aliphatic hydroxyl groups is 1. The van der Waals surface area contributed by atoms with Crippen LogP contribution in [-0.4, -0.2) is 309 Å². The van der Waals surface area contributed by atoms with Gasteiger partial charge < -0.3 is 161 Å². The zero-order valence-electron chi connectivity index (χ0n) is 83.2. The molecule has 0 bridgehead atoms. The van der Waals surface area contributed by atoms with Crippen LogP contribution in [-0.2, 0) is 110 Å². The number of carbonyl (C=O) groups excluding carboxylic acids is 19. The number of amides is 19. The van der Waals surface area contributed by atoms with Crippen LogP contribution < -0.4 is 135 Å². The molecule has 55 heteroatoms. The van der Waals surface area contributed by atoms with Gasteiger partial charge in [0.05, 0.1) is 38.0 Å². The van der Waals surface area contributed by atoms with E-state index in [-0.39, 0.29) is 89.8 Å². The number of aliphatic carboxylic acids is 4. The largest absolute Gasteiger partial charge is 0.481 e. The Morgan fingerprint density at radius 2 is 0.592 bits per heavy atom. The fourth-order valence-electron chi connectivity index (χ4n) is 13.7. The molecule has 38 N–H and O–H groups in total. The molecular weight excluding hydrogens is 1870 g/mol. The van der Waals surface area contributed by atoms with Crippen LogP contribution in [0, 0.1) is 46.3 Å². The molecule has 0 aromatic rings. The Morgan fingerprint density at radius 3 is 0.923 bits per heavy atom. The van der Waals surface area contributed by atoms with Crippen LogP contribution in [0.1, 0.15) is 226 Å². The lowest BCUT2D eigenvalue weighted by atomic mass is 9.97. The first-order valence-electron chi connectivity index (χ1n) is 47.0. The van der Waals surface area contributed by atoms with E-state index in [2.05, 4.69) is 95.7 Å². The van der Waals surface area contributed by atoms with E-state index in [0.29, 0.717) is 12.8 Å². The third-order valence-corrected chi connectivity index (χ3v) is 22.0. The molecule has 0 aliphatic heterocycles. The molecule has 0 aliphatic rings. The molecule has 0 unspecified atom stereocenters. The normalized spacial score (nSPS) is 15.4. The molecule has 0 spiro atoms. The van der Waals surface area contributed by atoms with Gasteiger partial charge in [-0.3, -0.25) is 121 Å². The first-order chi connectivity index (χ1) is 66.1. The maximum Gasteiger partial charge on any atom is 0.325 e. The second kappa shape index (κ2) is 66.0. The fraction of sp³-hybridized carbons (Fsp3) is 0.713. The predicted octanol–water partition coefficient (Wildman–Crippen LogP) is -8.81. The Bertz CT molecular complexity index is 4330. The molecule has 0 aliphatic carbocycles. The highest BCUT2D eigenvalue weighted by Gasteiger charge is 2.42. The van der Waals surface area contributed by atoms with Gasteiger partial charge in [-0.2, -0.15) is 0 Å². The van der Waals surface area contributed by atoms with Crippen LogP contribution in [0.4, 0.5) is 0 Å². The lowest BCUT2D eigenvalue weighted by Crippen LogP contribution is -2.62. The van der Waals surface area contributed by atoms with Gasteiger partial charge in [0.25, 0.3) is 0 Å². The van der Waals surface area contributed by atoms with Gasteiger partial charge in [-0.05, 0) is 140 Å². The SMILES string of the molecule is CC[C@H](C)[C@H](NC(=O)[C@H](C)N)C(=O)N[C@@H](CCCNC(=N)N)C(=O)N[C@@H](CC(N)=O)C(=O)N[C@@H](CC(=O)O)C(=O)N[C@@H](CCC(=O)O)C(=O)N[C@@H](CCC(=O)O)C(=O)N[C@@H](CC(C)C)C(=O)N[C@@H](CC(N)=O)C(=O)N[C@@H](CCCCN)C(=O)N[C@@H](CC(C)C)C(=O)N[C@@H](CC(C)C)C(=O)NCC(=O)N[C@@H](CCCNC(=N)N)C(=O)N[C@H](C(=O)N[C@H](C(=O)N[C@H](C(=O)N[C@@H](C)C(=O)O)[C@@H](C)CC)[C@@H](C)O)C(C)C. The number of carbonyl (C=O) groups is 23. The number of carboxylic acid groups (broad SMARTS) is 4. The van der Waals surface area contributed by atoms with E-state index < -0.39 is 338 Å². The molecule has 20 atom stereocenters. The van der Waals surface area contributed by atoms with Gasteiger partial charge in [-0.15, -0.1) is 0 Å². The highest BCUT2D eigenvalue weighted by atomic mass is 16.4. The first-order valence-corrected chi connectivity index (χ1v) is 47.0. The van der Waals surface area contributed by atoms with E-state index in [4.69, 9.17) is 45.2 Å². The number of aliphatic hydroxyl groups excluding tert-OH is 1. The van der Waals surface area contributed by atoms with Crippen molar-refractivity contribution in [3.8, 4) is 0 Å². The van der Waals surface area contributed by atoms with Crippen molar-refractivity contribution in [1.82, 2.24) is 101 Å². The van der Waals surface area contributed by atoms with Crippen LogP contribution >= 0.6 is 0 Å². The summed E-state index contributed by atoms with van der Waals surface area (Å²) in [6.45, 7) is 22.4. The summed E-state index contributed by atoms with van der Waals surface area (Å²) in [5.41, 5.74) is 33.5. The summed E-state index contributed by atoms with van der Waals surface area (Å²) in [5, 5.41) is 111. The number of carboxylic acids is 4. The number of hydrogen-bond donors (Lipinski definition) is 32. The molecule has 142 heavy (non-hydrogen) atoms. The first kappa shape index (κ1) is 128. The molecule has 0 saturated carbocycles. The topological polar surface area (TPSA) is 926 Å². The Labute approximate surface area is 823 Å². The number of unbranched alkanes of at least 4 members (excludes halogenated alkanes) is 1. The van der Waals surface area contributed by atoms with Crippen LogP contribution in [0.2, 0.25) is 0 Å². The molecule has 19 amide bonds. The van der Waals surface area contributed by atoms with Crippen LogP contribution in [0.25, 0.3) is 0 Å². The maximum atomic E-state index is 14.7. The number of rotatable bonds is 71. The lowest BCUT2D eigenvalue weighted by Gasteiger charge is -2.30. The van der Waals surface area contributed by atoms with E-state index in [0.717, 1.165) is 6.92 Å². The predicted molar refractivity (Wildman–Crippen MR) is 509 cm³/mol. The monoisotopic (exact) mass is 2020 g/mol. The standard InChI is InChI=1S/C87H153N27O28/c1-16-43(11)66(82(138)99-46(14)85(141)142)113-84(140)68(47(15)115)114-81(137)65(42(9)10)111-75(131)48(23-20-30-96-86(92)93)100-61(118)38-98-70(126)53(32-39(3)4)105-76(132)54(33-40(5)6)106-71(127)49(22-18-19-29-88)101-78(134)56(35-59(90)116)109-77(133)55(34-41(7)8)107-74(130)52(26-28-63(121)122)102-73(129)51(25-27-62(119)120)103-80(136)58(37-64(123)124)110-79(135)57(36-60(91)117)108-72(128)50(24-21-31-97-87(94)95)104-83(139)67(44(12)17-2)112-69(125)45(13)89/h39-58,65-68,115H,16-38,88-89H2,1-15H3,(H2,90,116)(H2,91,117)(H,98,126)(H,99,138)(H,100,118)(H,101,134)(H,102,129)(H,103,136)(H,104,139)(H,105,132)(H,106,127)(H,107,130)(H,108,128)(H,109,133)(H,110,135)(H,111,131)(H,112,125)(H,113,140)(H,114,137)(H,119,120)(H,121,122)(H,123,124)(H,141,142)(H4,92,93,96)(H4,94,95,97)/t43-,44-,45-,46-,47+,48-,49-,50-,51-,52-,53-,54-,55-,56-,57-,58-,65-,66-,67-,68-/m0/s1. The molecule has 0 aromatic heterocycles. The van der Waals surface area contributed by atoms with Crippen LogP contribution in [0.3, 0.4) is 0 Å². The summed E-state index contributed by atoms with van der Waals surface area (Å²) in [4.78, 5) is 313. The number of hydrogen-bond acceptors (Lipinski definition) is 28. The number of guanidine groups is 2. The number of nitrogens with one attached hydrogen (secondary N) is 21. The second-order valence-corrected chi connectivity index (χ2v) is 36.4. The molecule has 0 aromatic carbocycles. The third kappa shape index (κ3) is 51.4. The minimum absolute atomic E-state index is 0.000491. The van der Waals surface area contributed by atoms with E-state index in [1.165, 1.54) is 27.7 Å². The van der Waals surface area contributed by atoms with Crippen LogP contribution in [0.5, 0.6) is 0 Å². The average Bonchev–Trinajstić information content (AvgIpc) is 0.846. The van der Waals surface area contributed by atoms with Crippen LogP contribution in [0.15, 0.2) is 0 Å². The Morgan fingerprint density at radius 1 is 0.303 bits per heavy atom. The highest BCUT2D eigenvalue weighted by molar-refractivity contribution is 6.03. The Kier molecular flexibility index (Phi) is 59.6. The van der Waals surface area contributed by atoms with Crippen molar-refractivity contribution in [3.05, 3.63) is 0 Å². The Balaban J connectivity index is 7.40. The summed E-state index contributed by atoms with van der Waals surface area (Å²) in [6, 6.07) is -28.3. The number of nitrogens with two attached hydrogens (primary N) is 6. The van der Waals surface area contributed by atoms with E-state index in [1.807, 2.05) is 5.32 Å². The quantitative estimate of drug-likeness (QED) is 0.0153. The minimum atomic E-state index is -2.29. The zero-order chi connectivity index (χ0) is 109. The van der Waals surface area contributed by atoms with Crippen molar-refractivity contribution >= 4 is 148 Å². The molecular formula is C87H153N27O28. The van der Waals surface area contributed by atoms with Crippen molar-refractivity contribution in [3.63, 3.8) is 0 Å². The summed E-state index contributed by atoms with van der Waals surface area (Å²) >= 11 is 0. The third-order valence-electron chi connectivity index (χ3n) is 22.0. The van der Waals surface area contributed by atoms with Gasteiger partial charge in [0.15, 0.2) is 11.9 Å². The average molecular weight is 2030 g/mol. The molecule has 0 radical (unpaired) electrons. The van der Waals surface area contributed by atoms with E-state index in [1.54, 1.807) is 69.2 Å². The molecule has 55 nitrogen and oxygen atoms in total. The van der Waals surface area contributed by atoms with Crippen molar-refractivity contribution in [2.24, 2.45) is 69.9 Å². The summed E-state index contributed by atoms with van der Waals surface area (Å²) in [7, 11) is 0. The summed E-state index contributed by atoms with van der Waals surface area (Å²) in [6.07, 6.45) is -8.88. The lowest BCUT2D eigenvalue weighted by molar-refractivity contribution is -0.142. The van der Waals surface area contributed by atoms with Crippen molar-refractivity contribution < 1.29 is 136 Å². The van der Waals surface area contributed by atoms with Gasteiger partial charge in [0.1, 0.15) is 96.7 Å². The van der Waals surface area contributed by atoms with Crippen molar-refractivity contribution in [2.45, 2.75) is 335 Å². The number of primary amides is 2. The molecule has 804 valence electrons. The summed E-state index contributed by atoms with van der Waals surface area (Å²) < 4.78 is 0. The van der Waals surface area contributed by atoms with Crippen molar-refractivity contribution in [1.29, 1.82) is 10.8 Å². The maximum absolute atomic E-state index is 14.7. The van der Waals surface area contributed by atoms with E-state index >= 15 is 0 Å². The van der Waals surface area contributed by atoms with Gasteiger partial charge >= 0.3 is 23.9 Å². The van der Waals surface area contributed by atoms with Gasteiger partial charge in [0, 0.05) is 25.9 Å². The van der Waals surface area contributed by atoms with Gasteiger partial charge in [0.2, 0.25) is 112 Å². The zero-order valence-corrected chi connectivity index (χ0v) is 83.2.